The van der Waals surface area contributed by atoms with E-state index in [1.807, 2.05) is 19.9 Å². The summed E-state index contributed by atoms with van der Waals surface area (Å²) in [5.41, 5.74) is 0. The van der Waals surface area contributed by atoms with E-state index in [0.717, 1.165) is 0 Å². The Morgan fingerprint density at radius 1 is 1.58 bits per heavy atom. The molecule has 3 nitrogen and oxygen atoms in total. The number of hydrogen-bond acceptors (Lipinski definition) is 3. The average molecular weight is 189 g/mol. The summed E-state index contributed by atoms with van der Waals surface area (Å²) in [6, 6.07) is 1.96. The smallest absolute Gasteiger partial charge is 0.201 e. The monoisotopic (exact) mass is 189 g/mol. The Hall–Kier alpha value is -0.320. The molecule has 0 amide bonds. The van der Waals surface area contributed by atoms with Gasteiger partial charge in [-0.2, -0.15) is 5.26 Å². The molecule has 0 aliphatic heterocycles. The van der Waals surface area contributed by atoms with Crippen molar-refractivity contribution in [2.75, 3.05) is 19.4 Å². The van der Waals surface area contributed by atoms with Gasteiger partial charge in [0.1, 0.15) is 0 Å². The molecule has 0 aromatic heterocycles. The van der Waals surface area contributed by atoms with E-state index in [0.29, 0.717) is 25.1 Å². The molecule has 4 heteroatoms. The summed E-state index contributed by atoms with van der Waals surface area (Å²) < 4.78 is 16.7. The zero-order valence-electron chi connectivity index (χ0n) is 7.91. The largest absolute Gasteiger partial charge is 0.328 e. The van der Waals surface area contributed by atoms with Crippen LogP contribution in [0.5, 0.6) is 0 Å². The van der Waals surface area contributed by atoms with Crippen LogP contribution in [0.15, 0.2) is 0 Å². The van der Waals surface area contributed by atoms with Crippen LogP contribution in [-0.4, -0.2) is 19.4 Å². The maximum atomic E-state index is 11.5. The van der Waals surface area contributed by atoms with E-state index in [4.69, 9.17) is 9.79 Å². The first-order valence-electron chi connectivity index (χ1n) is 4.06. The van der Waals surface area contributed by atoms with Crippen LogP contribution in [0.25, 0.3) is 0 Å². The molecule has 0 spiro atoms. The third-order valence-corrected chi connectivity index (χ3v) is 3.04. The van der Waals surface area contributed by atoms with Crippen molar-refractivity contribution in [1.82, 2.24) is 0 Å². The molecule has 0 fully saturated rings. The lowest BCUT2D eigenvalue weighted by Crippen LogP contribution is -2.01. The molecule has 12 heavy (non-hydrogen) atoms. The maximum absolute atomic E-state index is 11.5. The molecule has 70 valence electrons. The molecular weight excluding hydrogens is 173 g/mol. The highest BCUT2D eigenvalue weighted by Gasteiger charge is 2.15. The zero-order valence-corrected chi connectivity index (χ0v) is 8.80. The van der Waals surface area contributed by atoms with Crippen LogP contribution in [0, 0.1) is 17.2 Å². The number of nitriles is 1. The van der Waals surface area contributed by atoms with Gasteiger partial charge < -0.3 is 4.52 Å². The van der Waals surface area contributed by atoms with Crippen molar-refractivity contribution in [2.45, 2.75) is 20.3 Å². The second-order valence-corrected chi connectivity index (χ2v) is 6.07. The summed E-state index contributed by atoms with van der Waals surface area (Å²) >= 11 is 0. The van der Waals surface area contributed by atoms with Crippen LogP contribution in [0.2, 0.25) is 0 Å². The topological polar surface area (TPSA) is 50.1 Å². The van der Waals surface area contributed by atoms with Gasteiger partial charge in [0.05, 0.1) is 12.7 Å². The first-order chi connectivity index (χ1) is 5.48. The molecule has 0 bridgehead atoms. The first kappa shape index (κ1) is 11.7. The fraction of sp³-hybridized carbons (Fsp3) is 0.875. The number of rotatable bonds is 5. The SMILES string of the molecule is CC(C)COP(C)(=O)CCC#N. The highest BCUT2D eigenvalue weighted by Crippen LogP contribution is 2.43. The number of hydrogen-bond donors (Lipinski definition) is 0. The van der Waals surface area contributed by atoms with Gasteiger partial charge in [-0.3, -0.25) is 4.57 Å². The number of nitrogens with zero attached hydrogens (tertiary/aromatic N) is 1. The molecule has 0 aliphatic carbocycles. The Labute approximate surface area is 74.2 Å². The van der Waals surface area contributed by atoms with E-state index in [1.54, 1.807) is 6.66 Å². The molecule has 1 unspecified atom stereocenters. The highest BCUT2D eigenvalue weighted by atomic mass is 31.2. The van der Waals surface area contributed by atoms with Crippen LogP contribution in [0.4, 0.5) is 0 Å². The standard InChI is InChI=1S/C8H16NO2P/c1-8(2)7-11-12(3,10)6-4-5-9/h8H,4,6-7H2,1-3H3. The average Bonchev–Trinajstić information content (AvgIpc) is 1.98. The Balaban J connectivity index is 3.73. The minimum atomic E-state index is -2.49. The summed E-state index contributed by atoms with van der Waals surface area (Å²) in [6.45, 7) is 6.11. The van der Waals surface area contributed by atoms with Crippen LogP contribution in [-0.2, 0) is 9.09 Å². The van der Waals surface area contributed by atoms with Crippen molar-refractivity contribution >= 4 is 7.37 Å². The van der Waals surface area contributed by atoms with Gasteiger partial charge in [-0.1, -0.05) is 13.8 Å². The van der Waals surface area contributed by atoms with Crippen LogP contribution >= 0.6 is 7.37 Å². The Bertz CT molecular complexity index is 208. The van der Waals surface area contributed by atoms with E-state index in [2.05, 4.69) is 0 Å². The molecule has 0 aromatic carbocycles. The van der Waals surface area contributed by atoms with Gasteiger partial charge in [0.25, 0.3) is 0 Å². The van der Waals surface area contributed by atoms with Gasteiger partial charge in [0.15, 0.2) is 0 Å². The first-order valence-corrected chi connectivity index (χ1v) is 6.31. The predicted molar refractivity (Wildman–Crippen MR) is 49.4 cm³/mol. The maximum Gasteiger partial charge on any atom is 0.201 e. The lowest BCUT2D eigenvalue weighted by atomic mass is 10.2. The van der Waals surface area contributed by atoms with Gasteiger partial charge in [0, 0.05) is 19.2 Å². The molecule has 0 aliphatic rings. The van der Waals surface area contributed by atoms with Crippen molar-refractivity contribution in [1.29, 1.82) is 5.26 Å². The summed E-state index contributed by atoms with van der Waals surface area (Å²) in [4.78, 5) is 0. The normalized spacial score (nSPS) is 15.6. The fourth-order valence-electron chi connectivity index (χ4n) is 0.624. The van der Waals surface area contributed by atoms with Gasteiger partial charge in [-0.25, -0.2) is 0 Å². The van der Waals surface area contributed by atoms with Crippen molar-refractivity contribution in [3.8, 4) is 6.07 Å². The van der Waals surface area contributed by atoms with Crippen molar-refractivity contribution < 1.29 is 9.09 Å². The molecule has 0 radical (unpaired) electrons. The lowest BCUT2D eigenvalue weighted by Gasteiger charge is -2.13. The van der Waals surface area contributed by atoms with Gasteiger partial charge in [-0.05, 0) is 5.92 Å². The minimum absolute atomic E-state index is 0.311. The van der Waals surface area contributed by atoms with E-state index in [-0.39, 0.29) is 0 Å². The van der Waals surface area contributed by atoms with Crippen molar-refractivity contribution in [3.63, 3.8) is 0 Å². The van der Waals surface area contributed by atoms with Crippen LogP contribution < -0.4 is 0 Å². The van der Waals surface area contributed by atoms with E-state index >= 15 is 0 Å². The third kappa shape index (κ3) is 6.39. The quantitative estimate of drug-likeness (QED) is 0.624. The minimum Gasteiger partial charge on any atom is -0.328 e. The van der Waals surface area contributed by atoms with E-state index < -0.39 is 7.37 Å². The van der Waals surface area contributed by atoms with Crippen LogP contribution in [0.3, 0.4) is 0 Å². The molecule has 0 saturated carbocycles. The summed E-state index contributed by atoms with van der Waals surface area (Å²) in [7, 11) is -2.49. The van der Waals surface area contributed by atoms with Crippen molar-refractivity contribution in [2.24, 2.45) is 5.92 Å². The summed E-state index contributed by atoms with van der Waals surface area (Å²) in [5, 5.41) is 8.28. The van der Waals surface area contributed by atoms with Gasteiger partial charge in [-0.15, -0.1) is 0 Å². The van der Waals surface area contributed by atoms with Gasteiger partial charge in [0.2, 0.25) is 7.37 Å². The molecule has 0 saturated heterocycles. The molecule has 0 heterocycles. The second kappa shape index (κ2) is 5.35. The Morgan fingerprint density at radius 3 is 2.58 bits per heavy atom. The Kier molecular flexibility index (Phi) is 5.20. The summed E-state index contributed by atoms with van der Waals surface area (Å²) in [6.07, 6.45) is 0.683. The Morgan fingerprint density at radius 2 is 2.17 bits per heavy atom. The zero-order chi connectivity index (χ0) is 9.61. The summed E-state index contributed by atoms with van der Waals surface area (Å²) in [5.74, 6) is 0.389. The van der Waals surface area contributed by atoms with E-state index in [9.17, 15) is 4.57 Å². The van der Waals surface area contributed by atoms with Gasteiger partial charge >= 0.3 is 0 Å². The molecular formula is C8H16NO2P. The molecule has 1 atom stereocenters. The fourth-order valence-corrected chi connectivity index (χ4v) is 1.87. The van der Waals surface area contributed by atoms with Crippen molar-refractivity contribution in [3.05, 3.63) is 0 Å². The highest BCUT2D eigenvalue weighted by molar-refractivity contribution is 7.58. The third-order valence-electron chi connectivity index (χ3n) is 1.31. The predicted octanol–water partition coefficient (Wildman–Crippen LogP) is 2.48. The lowest BCUT2D eigenvalue weighted by molar-refractivity contribution is 0.273. The second-order valence-electron chi connectivity index (χ2n) is 3.34. The molecule has 0 rings (SSSR count). The molecule has 0 N–H and O–H groups in total. The van der Waals surface area contributed by atoms with Crippen LogP contribution in [0.1, 0.15) is 20.3 Å². The van der Waals surface area contributed by atoms with E-state index in [1.165, 1.54) is 0 Å². The molecule has 0 aromatic rings.